The molecule has 0 amide bonds. The molecule has 5 rings (SSSR count). The zero-order valence-corrected chi connectivity index (χ0v) is 18.7. The molecule has 0 bridgehead atoms. The molecule has 1 saturated carbocycles. The van der Waals surface area contributed by atoms with E-state index in [1.54, 1.807) is 42.6 Å². The highest BCUT2D eigenvalue weighted by molar-refractivity contribution is 6.30. The van der Waals surface area contributed by atoms with Gasteiger partial charge in [-0.3, -0.25) is 14.3 Å². The fraction of sp³-hybridized carbons (Fsp3) is 0.261. The van der Waals surface area contributed by atoms with Crippen LogP contribution < -0.4 is 15.0 Å². The smallest absolute Gasteiger partial charge is 0.282 e. The number of nitrogens with zero attached hydrogens (tertiary/aromatic N) is 4. The van der Waals surface area contributed by atoms with Gasteiger partial charge < -0.3 is 14.6 Å². The predicted molar refractivity (Wildman–Crippen MR) is 120 cm³/mol. The van der Waals surface area contributed by atoms with Gasteiger partial charge in [0.25, 0.3) is 11.5 Å². The minimum absolute atomic E-state index is 0.260. The molecule has 1 aliphatic rings. The summed E-state index contributed by atoms with van der Waals surface area (Å²) < 4.78 is 40.0. The summed E-state index contributed by atoms with van der Waals surface area (Å²) in [4.78, 5) is 17.4. The van der Waals surface area contributed by atoms with E-state index in [2.05, 4.69) is 10.1 Å². The number of aromatic nitrogens is 4. The molecule has 4 aromatic rings. The van der Waals surface area contributed by atoms with Crippen molar-refractivity contribution in [2.45, 2.75) is 24.4 Å². The summed E-state index contributed by atoms with van der Waals surface area (Å²) in [5.41, 5.74) is 0.254. The molecule has 0 unspecified atom stereocenters. The first-order chi connectivity index (χ1) is 16.2. The standard InChI is InChI=1S/C23H19ClF2N4O4/c1-33-20-7-16(3-5-19(20)34-12-22(32)10-23(25,26)11-22)29-13-28-30-9-14(6-18(30)21(29)31)17-4-2-15(24)8-27-17/h2-9,13,32H,10-12H2,1H3. The van der Waals surface area contributed by atoms with E-state index >= 15 is 0 Å². The molecule has 0 aliphatic heterocycles. The third-order valence-corrected chi connectivity index (χ3v) is 5.87. The Morgan fingerprint density at radius 2 is 1.97 bits per heavy atom. The number of aliphatic hydroxyl groups is 1. The fourth-order valence-corrected chi connectivity index (χ4v) is 4.12. The topological polar surface area (TPSA) is 90.9 Å². The first-order valence-corrected chi connectivity index (χ1v) is 10.7. The Labute approximate surface area is 197 Å². The molecule has 1 fully saturated rings. The number of hydrogen-bond acceptors (Lipinski definition) is 6. The van der Waals surface area contributed by atoms with E-state index in [9.17, 15) is 18.7 Å². The second-order valence-electron chi connectivity index (χ2n) is 8.28. The molecule has 0 atom stereocenters. The molecule has 1 aromatic carbocycles. The van der Waals surface area contributed by atoms with Crippen LogP contribution in [0.3, 0.4) is 0 Å². The van der Waals surface area contributed by atoms with Gasteiger partial charge in [0.1, 0.15) is 24.1 Å². The van der Waals surface area contributed by atoms with Crippen LogP contribution in [0.4, 0.5) is 8.78 Å². The monoisotopic (exact) mass is 488 g/mol. The number of ether oxygens (including phenoxy) is 2. The van der Waals surface area contributed by atoms with Gasteiger partial charge in [0.05, 0.1) is 23.5 Å². The molecule has 3 aromatic heterocycles. The van der Waals surface area contributed by atoms with Crippen LogP contribution in [0.15, 0.2) is 59.9 Å². The van der Waals surface area contributed by atoms with Crippen molar-refractivity contribution >= 4 is 17.1 Å². The second-order valence-corrected chi connectivity index (χ2v) is 8.72. The second kappa shape index (κ2) is 8.07. The van der Waals surface area contributed by atoms with Crippen LogP contribution in [0.25, 0.3) is 22.5 Å². The lowest BCUT2D eigenvalue weighted by Crippen LogP contribution is -2.55. The minimum atomic E-state index is -2.87. The lowest BCUT2D eigenvalue weighted by atomic mass is 9.77. The Hall–Kier alpha value is -3.50. The first-order valence-electron chi connectivity index (χ1n) is 10.3. The Morgan fingerprint density at radius 3 is 2.65 bits per heavy atom. The zero-order chi connectivity index (χ0) is 24.1. The summed E-state index contributed by atoms with van der Waals surface area (Å²) in [5.74, 6) is -2.34. The minimum Gasteiger partial charge on any atom is -0.493 e. The molecule has 1 aliphatic carbocycles. The van der Waals surface area contributed by atoms with Gasteiger partial charge in [-0.1, -0.05) is 11.6 Å². The highest BCUT2D eigenvalue weighted by Gasteiger charge is 2.56. The number of methoxy groups -OCH3 is 1. The highest BCUT2D eigenvalue weighted by Crippen LogP contribution is 2.46. The van der Waals surface area contributed by atoms with E-state index in [0.717, 1.165) is 0 Å². The number of alkyl halides is 2. The third kappa shape index (κ3) is 4.10. The number of hydrogen-bond donors (Lipinski definition) is 1. The SMILES string of the molecule is COc1cc(-n2cnn3cc(-c4ccc(Cl)cn4)cc3c2=O)ccc1OCC1(O)CC(F)(F)C1. The molecular weight excluding hydrogens is 470 g/mol. The van der Waals surface area contributed by atoms with E-state index in [1.807, 2.05) is 0 Å². The van der Waals surface area contributed by atoms with Crippen molar-refractivity contribution < 1.29 is 23.4 Å². The van der Waals surface area contributed by atoms with Crippen molar-refractivity contribution in [2.75, 3.05) is 13.7 Å². The van der Waals surface area contributed by atoms with E-state index in [-0.39, 0.29) is 23.7 Å². The normalized spacial score (nSPS) is 16.3. The maximum Gasteiger partial charge on any atom is 0.282 e. The van der Waals surface area contributed by atoms with Crippen LogP contribution in [-0.4, -0.2) is 49.5 Å². The van der Waals surface area contributed by atoms with Crippen LogP contribution in [0.5, 0.6) is 11.5 Å². The van der Waals surface area contributed by atoms with E-state index in [4.69, 9.17) is 21.1 Å². The molecule has 1 N–H and O–H groups in total. The molecule has 3 heterocycles. The summed E-state index contributed by atoms with van der Waals surface area (Å²) >= 11 is 5.90. The van der Waals surface area contributed by atoms with Crippen LogP contribution >= 0.6 is 11.6 Å². The number of halogens is 3. The van der Waals surface area contributed by atoms with Crippen LogP contribution in [-0.2, 0) is 0 Å². The van der Waals surface area contributed by atoms with Crippen molar-refractivity contribution in [3.8, 4) is 28.4 Å². The molecule has 176 valence electrons. The number of fused-ring (bicyclic) bond motifs is 1. The third-order valence-electron chi connectivity index (χ3n) is 5.65. The number of pyridine rings is 1. The van der Waals surface area contributed by atoms with Crippen LogP contribution in [0.2, 0.25) is 5.02 Å². The predicted octanol–water partition coefficient (Wildman–Crippen LogP) is 3.75. The maximum absolute atomic E-state index is 13.2. The number of benzene rings is 1. The average molecular weight is 489 g/mol. The Bertz CT molecular complexity index is 1430. The van der Waals surface area contributed by atoms with Gasteiger partial charge >= 0.3 is 0 Å². The van der Waals surface area contributed by atoms with Gasteiger partial charge in [-0.25, -0.2) is 13.3 Å². The lowest BCUT2D eigenvalue weighted by molar-refractivity contribution is -0.215. The van der Waals surface area contributed by atoms with Crippen LogP contribution in [0.1, 0.15) is 12.8 Å². The molecule has 0 saturated heterocycles. The van der Waals surface area contributed by atoms with Gasteiger partial charge in [-0.2, -0.15) is 5.10 Å². The summed E-state index contributed by atoms with van der Waals surface area (Å²) in [6, 6.07) is 9.88. The highest BCUT2D eigenvalue weighted by atomic mass is 35.5. The summed E-state index contributed by atoms with van der Waals surface area (Å²) in [5, 5.41) is 14.9. The van der Waals surface area contributed by atoms with E-state index in [0.29, 0.717) is 27.5 Å². The van der Waals surface area contributed by atoms with Crippen LogP contribution in [0, 0.1) is 0 Å². The van der Waals surface area contributed by atoms with Crippen molar-refractivity contribution in [2.24, 2.45) is 0 Å². The molecule has 34 heavy (non-hydrogen) atoms. The average Bonchev–Trinajstić information content (AvgIpc) is 3.22. The Morgan fingerprint density at radius 1 is 1.18 bits per heavy atom. The van der Waals surface area contributed by atoms with Gasteiger partial charge in [0.2, 0.25) is 0 Å². The Kier molecular flexibility index (Phi) is 5.29. The fourth-order valence-electron chi connectivity index (χ4n) is 4.01. The zero-order valence-electron chi connectivity index (χ0n) is 17.9. The molecule has 0 radical (unpaired) electrons. The van der Waals surface area contributed by atoms with Gasteiger partial charge in [-0.05, 0) is 30.3 Å². The van der Waals surface area contributed by atoms with Crippen molar-refractivity contribution in [1.82, 2.24) is 19.2 Å². The summed E-state index contributed by atoms with van der Waals surface area (Å²) in [7, 11) is 1.42. The van der Waals surface area contributed by atoms with Gasteiger partial charge in [0.15, 0.2) is 11.5 Å². The molecular formula is C23H19ClF2N4O4. The van der Waals surface area contributed by atoms with Gasteiger partial charge in [-0.15, -0.1) is 0 Å². The van der Waals surface area contributed by atoms with E-state index in [1.165, 1.54) is 28.7 Å². The van der Waals surface area contributed by atoms with Crippen molar-refractivity contribution in [3.63, 3.8) is 0 Å². The molecule has 8 nitrogen and oxygen atoms in total. The van der Waals surface area contributed by atoms with Gasteiger partial charge in [0, 0.05) is 36.9 Å². The lowest BCUT2D eigenvalue weighted by Gasteiger charge is -2.42. The molecule has 11 heteroatoms. The first kappa shape index (κ1) is 22.3. The number of rotatable bonds is 6. The maximum atomic E-state index is 13.2. The summed E-state index contributed by atoms with van der Waals surface area (Å²) in [6.07, 6.45) is 3.31. The quantitative estimate of drug-likeness (QED) is 0.444. The summed E-state index contributed by atoms with van der Waals surface area (Å²) in [6.45, 7) is -0.294. The Balaban J connectivity index is 1.43. The van der Waals surface area contributed by atoms with Crippen molar-refractivity contribution in [1.29, 1.82) is 0 Å². The largest absolute Gasteiger partial charge is 0.493 e. The molecule has 0 spiro atoms. The van der Waals surface area contributed by atoms with E-state index < -0.39 is 24.4 Å². The van der Waals surface area contributed by atoms with Crippen molar-refractivity contribution in [3.05, 3.63) is 70.5 Å².